The lowest BCUT2D eigenvalue weighted by atomic mass is 10.0. The Bertz CT molecular complexity index is 1180. The van der Waals surface area contributed by atoms with E-state index in [9.17, 15) is 14.3 Å². The number of rotatable bonds is 0. The molecule has 1 saturated heterocycles. The predicted octanol–water partition coefficient (Wildman–Crippen LogP) is 0.872. The second-order valence-electron chi connectivity index (χ2n) is 8.06. The molecule has 0 radical (unpaired) electrons. The van der Waals surface area contributed by atoms with Crippen molar-refractivity contribution in [3.63, 3.8) is 0 Å². The first-order valence-electron chi connectivity index (χ1n) is 9.93. The number of carbonyl (C=O) groups is 1. The van der Waals surface area contributed by atoms with Crippen LogP contribution in [0.5, 0.6) is 5.88 Å². The molecule has 3 aliphatic rings. The molecule has 2 N–H and O–H groups in total. The molecule has 1 spiro atoms. The zero-order valence-corrected chi connectivity index (χ0v) is 16.0. The first kappa shape index (κ1) is 17.6. The number of halogens is 1. The molecule has 5 heterocycles. The van der Waals surface area contributed by atoms with Crippen molar-refractivity contribution in [1.29, 1.82) is 0 Å². The molecule has 2 aliphatic heterocycles. The number of nitrogens with one attached hydrogen (secondary N) is 1. The molecule has 1 aliphatic carbocycles. The molecule has 0 aromatic carbocycles. The monoisotopic (exact) mass is 410 g/mol. The highest BCUT2D eigenvalue weighted by atomic mass is 19.1. The molecular weight excluding hydrogens is 391 g/mol. The third kappa shape index (κ3) is 2.43. The van der Waals surface area contributed by atoms with Crippen LogP contribution >= 0.6 is 0 Å². The van der Waals surface area contributed by atoms with Crippen molar-refractivity contribution in [3.05, 3.63) is 47.7 Å². The van der Waals surface area contributed by atoms with Gasteiger partial charge in [0.2, 0.25) is 5.88 Å². The Hall–Kier alpha value is -3.27. The van der Waals surface area contributed by atoms with E-state index in [2.05, 4.69) is 20.3 Å². The Kier molecular flexibility index (Phi) is 3.58. The average Bonchev–Trinajstić information content (AvgIpc) is 3.13. The lowest BCUT2D eigenvalue weighted by Crippen LogP contribution is -2.37. The van der Waals surface area contributed by atoms with Gasteiger partial charge in [-0.2, -0.15) is 5.10 Å². The van der Waals surface area contributed by atoms with Gasteiger partial charge in [-0.3, -0.25) is 4.79 Å². The van der Waals surface area contributed by atoms with Gasteiger partial charge in [-0.05, 0) is 30.9 Å². The van der Waals surface area contributed by atoms with Crippen LogP contribution in [0.4, 0.5) is 10.2 Å². The zero-order chi connectivity index (χ0) is 20.5. The standard InChI is InChI=1S/C20H19FN6O3/c21-12-5-15-19(23-7-12)30-10-13(28)8-22-18(29)14-9-24-27-4-2-16(25-17(14)27)26-3-1-11-6-20(11,15)26/h2,4-5,7,9,11,13,28H,1,3,6,8,10H2,(H,22,29)/t11-,13?,20+/m0/s1. The Morgan fingerprint density at radius 3 is 3.13 bits per heavy atom. The van der Waals surface area contributed by atoms with Crippen LogP contribution in [0.1, 0.15) is 28.8 Å². The third-order valence-electron chi connectivity index (χ3n) is 6.33. The van der Waals surface area contributed by atoms with Crippen LogP contribution in [0.3, 0.4) is 0 Å². The highest BCUT2D eigenvalue weighted by molar-refractivity contribution is 5.99. The van der Waals surface area contributed by atoms with Gasteiger partial charge in [0, 0.05) is 24.8 Å². The summed E-state index contributed by atoms with van der Waals surface area (Å²) in [6.07, 6.45) is 5.18. The van der Waals surface area contributed by atoms with Gasteiger partial charge in [0.25, 0.3) is 5.91 Å². The fraction of sp³-hybridized carbons (Fsp3) is 0.400. The van der Waals surface area contributed by atoms with E-state index in [-0.39, 0.29) is 19.1 Å². The number of piperidine rings is 1. The van der Waals surface area contributed by atoms with E-state index in [0.717, 1.165) is 25.6 Å². The molecule has 2 fully saturated rings. The molecule has 9 nitrogen and oxygen atoms in total. The molecule has 1 unspecified atom stereocenters. The summed E-state index contributed by atoms with van der Waals surface area (Å²) in [6, 6.07) is 3.33. The molecular formula is C20H19FN6O3. The Morgan fingerprint density at radius 1 is 1.37 bits per heavy atom. The molecule has 3 aromatic heterocycles. The van der Waals surface area contributed by atoms with Crippen LogP contribution in [0.2, 0.25) is 0 Å². The normalized spacial score (nSPS) is 27.7. The molecule has 10 heteroatoms. The number of fused-ring (bicyclic) bond motifs is 3. The fourth-order valence-electron chi connectivity index (χ4n) is 4.83. The lowest BCUT2D eigenvalue weighted by molar-refractivity contribution is 0.0834. The van der Waals surface area contributed by atoms with E-state index in [1.807, 2.05) is 6.07 Å². The van der Waals surface area contributed by atoms with E-state index in [0.29, 0.717) is 34.4 Å². The summed E-state index contributed by atoms with van der Waals surface area (Å²) in [5, 5.41) is 17.2. The van der Waals surface area contributed by atoms with Crippen LogP contribution in [-0.4, -0.2) is 56.4 Å². The molecule has 30 heavy (non-hydrogen) atoms. The molecule has 2 bridgehead atoms. The lowest BCUT2D eigenvalue weighted by Gasteiger charge is -2.31. The number of ether oxygens (including phenoxy) is 1. The van der Waals surface area contributed by atoms with Gasteiger partial charge >= 0.3 is 0 Å². The highest BCUT2D eigenvalue weighted by Gasteiger charge is 2.65. The summed E-state index contributed by atoms with van der Waals surface area (Å²) >= 11 is 0. The fourth-order valence-corrected chi connectivity index (χ4v) is 4.83. The SMILES string of the molecule is O=C1NCC(O)COc2ncc(F)cc2[C@@]23C[C@@H]2CCN3c2ccn3ncc1c3n2. The maximum absolute atomic E-state index is 14.2. The highest BCUT2D eigenvalue weighted by Crippen LogP contribution is 2.64. The molecule has 3 aromatic rings. The number of amides is 1. The second-order valence-corrected chi connectivity index (χ2v) is 8.06. The van der Waals surface area contributed by atoms with Crippen molar-refractivity contribution in [2.45, 2.75) is 24.5 Å². The topological polar surface area (TPSA) is 105 Å². The van der Waals surface area contributed by atoms with Crippen molar-refractivity contribution in [2.24, 2.45) is 5.92 Å². The van der Waals surface area contributed by atoms with Crippen molar-refractivity contribution >= 4 is 17.4 Å². The molecule has 1 amide bonds. The largest absolute Gasteiger partial charge is 0.475 e. The number of hydrogen-bond acceptors (Lipinski definition) is 7. The van der Waals surface area contributed by atoms with Gasteiger partial charge in [-0.25, -0.2) is 18.9 Å². The third-order valence-corrected chi connectivity index (χ3v) is 6.33. The minimum atomic E-state index is -0.950. The number of anilines is 1. The van der Waals surface area contributed by atoms with Gasteiger partial charge in [0.05, 0.1) is 17.9 Å². The summed E-state index contributed by atoms with van der Waals surface area (Å²) in [6.45, 7) is 0.675. The molecule has 3 atom stereocenters. The summed E-state index contributed by atoms with van der Waals surface area (Å²) in [4.78, 5) is 23.7. The smallest absolute Gasteiger partial charge is 0.256 e. The quantitative estimate of drug-likeness (QED) is 0.567. The van der Waals surface area contributed by atoms with Crippen molar-refractivity contribution in [1.82, 2.24) is 24.9 Å². The number of pyridine rings is 1. The van der Waals surface area contributed by atoms with Crippen LogP contribution in [0.25, 0.3) is 5.65 Å². The number of aromatic nitrogens is 4. The first-order chi connectivity index (χ1) is 14.6. The van der Waals surface area contributed by atoms with Crippen LogP contribution in [0, 0.1) is 11.7 Å². The zero-order valence-electron chi connectivity index (χ0n) is 16.0. The van der Waals surface area contributed by atoms with Crippen LogP contribution in [-0.2, 0) is 5.54 Å². The number of aliphatic hydroxyl groups excluding tert-OH is 1. The Morgan fingerprint density at radius 2 is 2.27 bits per heavy atom. The van der Waals surface area contributed by atoms with E-state index < -0.39 is 17.5 Å². The van der Waals surface area contributed by atoms with Crippen molar-refractivity contribution < 1.29 is 19.0 Å². The number of nitrogens with zero attached hydrogens (tertiary/aromatic N) is 5. The number of hydrogen-bond donors (Lipinski definition) is 2. The molecule has 1 saturated carbocycles. The van der Waals surface area contributed by atoms with Crippen LogP contribution in [0.15, 0.2) is 30.7 Å². The number of aliphatic hydroxyl groups is 1. The van der Waals surface area contributed by atoms with Crippen molar-refractivity contribution in [3.8, 4) is 5.88 Å². The maximum atomic E-state index is 14.2. The number of β-amino-alcohol motifs (C(OH)–C–C–N with tert-alkyl or cyclic N) is 1. The number of carbonyl (C=O) groups excluding carboxylic acids is 1. The second kappa shape index (κ2) is 6.11. The average molecular weight is 410 g/mol. The Labute approximate surface area is 170 Å². The summed E-state index contributed by atoms with van der Waals surface area (Å²) in [5.74, 6) is 0.544. The predicted molar refractivity (Wildman–Crippen MR) is 103 cm³/mol. The van der Waals surface area contributed by atoms with Gasteiger partial charge in [0.1, 0.15) is 29.9 Å². The minimum Gasteiger partial charge on any atom is -0.475 e. The van der Waals surface area contributed by atoms with E-state index in [4.69, 9.17) is 9.72 Å². The van der Waals surface area contributed by atoms with Gasteiger partial charge in [-0.15, -0.1) is 0 Å². The van der Waals surface area contributed by atoms with E-state index in [1.165, 1.54) is 12.3 Å². The Balaban J connectivity index is 1.55. The van der Waals surface area contributed by atoms with Crippen molar-refractivity contribution in [2.75, 3.05) is 24.6 Å². The maximum Gasteiger partial charge on any atom is 0.256 e. The summed E-state index contributed by atoms with van der Waals surface area (Å²) in [7, 11) is 0. The molecule has 6 rings (SSSR count). The van der Waals surface area contributed by atoms with Gasteiger partial charge < -0.3 is 20.1 Å². The van der Waals surface area contributed by atoms with E-state index in [1.54, 1.807) is 10.7 Å². The van der Waals surface area contributed by atoms with E-state index >= 15 is 0 Å². The summed E-state index contributed by atoms with van der Waals surface area (Å²) in [5.41, 5.74) is 0.988. The van der Waals surface area contributed by atoms with Crippen LogP contribution < -0.4 is 15.0 Å². The van der Waals surface area contributed by atoms with Gasteiger partial charge in [0.15, 0.2) is 5.65 Å². The first-order valence-corrected chi connectivity index (χ1v) is 9.93. The summed E-state index contributed by atoms with van der Waals surface area (Å²) < 4.78 is 21.5. The van der Waals surface area contributed by atoms with Gasteiger partial charge in [-0.1, -0.05) is 0 Å². The molecule has 154 valence electrons. The minimum absolute atomic E-state index is 0.00765.